The molecule has 0 aliphatic heterocycles. The first-order valence-electron chi connectivity index (χ1n) is 3.51. The van der Waals surface area contributed by atoms with E-state index in [4.69, 9.17) is 10.4 Å². The van der Waals surface area contributed by atoms with Crippen molar-refractivity contribution in [1.29, 1.82) is 5.26 Å². The molecule has 0 aromatic heterocycles. The maximum atomic E-state index is 9.03. The van der Waals surface area contributed by atoms with Gasteiger partial charge < -0.3 is 5.11 Å². The first-order valence-corrected chi connectivity index (χ1v) is 3.51. The maximum absolute atomic E-state index is 9.03. The zero-order valence-electron chi connectivity index (χ0n) is 6.46. The number of nitriles is 1. The molecule has 0 rings (SSSR count). The molecule has 0 bridgehead atoms. The molecular formula is C7H14N2O. The third-order valence-corrected chi connectivity index (χ3v) is 1.32. The fourth-order valence-electron chi connectivity index (χ4n) is 0.503. The largest absolute Gasteiger partial charge is 0.392 e. The molecule has 0 heterocycles. The van der Waals surface area contributed by atoms with E-state index in [-0.39, 0.29) is 12.1 Å². The SMILES string of the molecule is CCC(O)CNC(C)C#N. The fourth-order valence-corrected chi connectivity index (χ4v) is 0.503. The molecule has 0 aliphatic rings. The van der Waals surface area contributed by atoms with Crippen LogP contribution in [0.4, 0.5) is 0 Å². The van der Waals surface area contributed by atoms with E-state index in [1.807, 2.05) is 13.0 Å². The smallest absolute Gasteiger partial charge is 0.0925 e. The lowest BCUT2D eigenvalue weighted by atomic mass is 10.2. The van der Waals surface area contributed by atoms with Gasteiger partial charge in [-0.2, -0.15) is 5.26 Å². The van der Waals surface area contributed by atoms with Crippen LogP contribution in [0.1, 0.15) is 20.3 Å². The number of hydrogen-bond donors (Lipinski definition) is 2. The molecule has 0 spiro atoms. The summed E-state index contributed by atoms with van der Waals surface area (Å²) in [6.45, 7) is 4.18. The Kier molecular flexibility index (Phi) is 4.91. The normalized spacial score (nSPS) is 15.8. The Morgan fingerprint density at radius 1 is 1.70 bits per heavy atom. The second-order valence-electron chi connectivity index (χ2n) is 2.32. The molecular weight excluding hydrogens is 128 g/mol. The van der Waals surface area contributed by atoms with Crippen molar-refractivity contribution in [2.75, 3.05) is 6.54 Å². The van der Waals surface area contributed by atoms with Crippen LogP contribution >= 0.6 is 0 Å². The lowest BCUT2D eigenvalue weighted by molar-refractivity contribution is 0.166. The molecule has 0 aliphatic carbocycles. The van der Waals surface area contributed by atoms with Crippen molar-refractivity contribution in [3.63, 3.8) is 0 Å². The van der Waals surface area contributed by atoms with Gasteiger partial charge >= 0.3 is 0 Å². The predicted molar refractivity (Wildman–Crippen MR) is 39.4 cm³/mol. The topological polar surface area (TPSA) is 56.0 Å². The van der Waals surface area contributed by atoms with Crippen molar-refractivity contribution in [2.45, 2.75) is 32.4 Å². The van der Waals surface area contributed by atoms with Crippen LogP contribution in [0.25, 0.3) is 0 Å². The minimum absolute atomic E-state index is 0.166. The number of aliphatic hydroxyl groups excluding tert-OH is 1. The Morgan fingerprint density at radius 2 is 2.30 bits per heavy atom. The van der Waals surface area contributed by atoms with Crippen LogP contribution in [-0.4, -0.2) is 23.8 Å². The Bertz CT molecular complexity index is 119. The Labute approximate surface area is 61.7 Å². The number of rotatable bonds is 4. The zero-order chi connectivity index (χ0) is 7.98. The summed E-state index contributed by atoms with van der Waals surface area (Å²) in [5, 5.41) is 20.2. The van der Waals surface area contributed by atoms with E-state index < -0.39 is 0 Å². The van der Waals surface area contributed by atoms with Crippen molar-refractivity contribution in [3.05, 3.63) is 0 Å². The average Bonchev–Trinajstić information content (AvgIpc) is 1.99. The van der Waals surface area contributed by atoms with E-state index in [2.05, 4.69) is 5.32 Å². The maximum Gasteiger partial charge on any atom is 0.0925 e. The second-order valence-corrected chi connectivity index (χ2v) is 2.32. The van der Waals surface area contributed by atoms with Gasteiger partial charge in [0.2, 0.25) is 0 Å². The van der Waals surface area contributed by atoms with Crippen molar-refractivity contribution < 1.29 is 5.11 Å². The first kappa shape index (κ1) is 9.41. The fraction of sp³-hybridized carbons (Fsp3) is 0.857. The monoisotopic (exact) mass is 142 g/mol. The molecule has 0 saturated heterocycles. The number of nitrogens with zero attached hydrogens (tertiary/aromatic N) is 1. The second kappa shape index (κ2) is 5.21. The minimum Gasteiger partial charge on any atom is -0.392 e. The van der Waals surface area contributed by atoms with Gasteiger partial charge in [-0.15, -0.1) is 0 Å². The molecule has 58 valence electrons. The molecule has 0 saturated carbocycles. The summed E-state index contributed by atoms with van der Waals surface area (Å²) < 4.78 is 0. The van der Waals surface area contributed by atoms with Crippen molar-refractivity contribution >= 4 is 0 Å². The standard InChI is InChI=1S/C7H14N2O/c1-3-7(10)5-9-6(2)4-8/h6-7,9-10H,3,5H2,1-2H3. The van der Waals surface area contributed by atoms with Crippen molar-refractivity contribution in [3.8, 4) is 6.07 Å². The van der Waals surface area contributed by atoms with Gasteiger partial charge in [0.25, 0.3) is 0 Å². The summed E-state index contributed by atoms with van der Waals surface area (Å²) in [6, 6.07) is 1.86. The molecule has 2 unspecified atom stereocenters. The van der Waals surface area contributed by atoms with Crippen LogP contribution in [0.2, 0.25) is 0 Å². The lowest BCUT2D eigenvalue weighted by Crippen LogP contribution is -2.32. The Morgan fingerprint density at radius 3 is 2.70 bits per heavy atom. The lowest BCUT2D eigenvalue weighted by Gasteiger charge is -2.09. The summed E-state index contributed by atoms with van der Waals surface area (Å²) in [6.07, 6.45) is 0.404. The highest BCUT2D eigenvalue weighted by molar-refractivity contribution is 4.85. The Balaban J connectivity index is 3.28. The number of aliphatic hydroxyl groups is 1. The molecule has 2 atom stereocenters. The third-order valence-electron chi connectivity index (χ3n) is 1.32. The Hall–Kier alpha value is -0.590. The van der Waals surface area contributed by atoms with E-state index >= 15 is 0 Å². The summed E-state index contributed by atoms with van der Waals surface area (Å²) in [5.74, 6) is 0. The molecule has 0 amide bonds. The van der Waals surface area contributed by atoms with Gasteiger partial charge in [-0.3, -0.25) is 5.32 Å². The van der Waals surface area contributed by atoms with Crippen molar-refractivity contribution in [1.82, 2.24) is 5.32 Å². The van der Waals surface area contributed by atoms with E-state index in [9.17, 15) is 0 Å². The third kappa shape index (κ3) is 4.30. The summed E-state index contributed by atoms with van der Waals surface area (Å²) in [7, 11) is 0. The minimum atomic E-state index is -0.323. The van der Waals surface area contributed by atoms with Crippen LogP contribution in [0.3, 0.4) is 0 Å². The van der Waals surface area contributed by atoms with Crippen molar-refractivity contribution in [2.24, 2.45) is 0 Å². The zero-order valence-corrected chi connectivity index (χ0v) is 6.46. The predicted octanol–water partition coefficient (Wildman–Crippen LogP) is 0.259. The highest BCUT2D eigenvalue weighted by Gasteiger charge is 2.02. The molecule has 2 N–H and O–H groups in total. The highest BCUT2D eigenvalue weighted by atomic mass is 16.3. The van der Waals surface area contributed by atoms with Crippen LogP contribution in [-0.2, 0) is 0 Å². The molecule has 0 fully saturated rings. The summed E-state index contributed by atoms with van der Waals surface area (Å²) in [4.78, 5) is 0. The molecule has 0 aromatic rings. The molecule has 0 aromatic carbocycles. The van der Waals surface area contributed by atoms with Gasteiger partial charge in [0.05, 0.1) is 18.2 Å². The van der Waals surface area contributed by atoms with Gasteiger partial charge in [-0.1, -0.05) is 6.92 Å². The van der Waals surface area contributed by atoms with Gasteiger partial charge in [0.1, 0.15) is 0 Å². The average molecular weight is 142 g/mol. The van der Waals surface area contributed by atoms with Crippen LogP contribution < -0.4 is 5.32 Å². The van der Waals surface area contributed by atoms with Gasteiger partial charge in [0, 0.05) is 6.54 Å². The van der Waals surface area contributed by atoms with E-state index in [0.29, 0.717) is 6.54 Å². The van der Waals surface area contributed by atoms with Gasteiger partial charge in [-0.25, -0.2) is 0 Å². The molecule has 0 radical (unpaired) electrons. The first-order chi connectivity index (χ1) is 4.70. The van der Waals surface area contributed by atoms with Gasteiger partial charge in [-0.05, 0) is 13.3 Å². The number of hydrogen-bond acceptors (Lipinski definition) is 3. The number of nitrogens with one attached hydrogen (secondary N) is 1. The molecule has 10 heavy (non-hydrogen) atoms. The highest BCUT2D eigenvalue weighted by Crippen LogP contribution is 1.87. The van der Waals surface area contributed by atoms with Crippen LogP contribution in [0.5, 0.6) is 0 Å². The molecule has 3 nitrogen and oxygen atoms in total. The van der Waals surface area contributed by atoms with Gasteiger partial charge in [0.15, 0.2) is 0 Å². The quantitative estimate of drug-likeness (QED) is 0.592. The van der Waals surface area contributed by atoms with E-state index in [0.717, 1.165) is 6.42 Å². The van der Waals surface area contributed by atoms with E-state index in [1.54, 1.807) is 6.92 Å². The van der Waals surface area contributed by atoms with Crippen LogP contribution in [0, 0.1) is 11.3 Å². The van der Waals surface area contributed by atoms with E-state index in [1.165, 1.54) is 0 Å². The summed E-state index contributed by atoms with van der Waals surface area (Å²) >= 11 is 0. The van der Waals surface area contributed by atoms with Crippen LogP contribution in [0.15, 0.2) is 0 Å². The molecule has 3 heteroatoms. The summed E-state index contributed by atoms with van der Waals surface area (Å²) in [5.41, 5.74) is 0.